The molecule has 2 N–H and O–H groups in total. The summed E-state index contributed by atoms with van der Waals surface area (Å²) in [6, 6.07) is 4.97. The molecular weight excluding hydrogens is 238 g/mol. The fourth-order valence-corrected chi connectivity index (χ4v) is 1.71. The van der Waals surface area contributed by atoms with Crippen molar-refractivity contribution in [3.8, 4) is 11.5 Å². The van der Waals surface area contributed by atoms with Crippen LogP contribution >= 0.6 is 0 Å². The molecule has 96 valence electrons. The summed E-state index contributed by atoms with van der Waals surface area (Å²) in [4.78, 5) is 2.58. The third-order valence-electron chi connectivity index (χ3n) is 2.69. The maximum absolute atomic E-state index is 9.94. The molecule has 0 aromatic heterocycles. The Hall–Kier alpha value is -1.95. The van der Waals surface area contributed by atoms with Crippen molar-refractivity contribution in [1.29, 1.82) is 0 Å². The number of ether oxygens (including phenoxy) is 2. The van der Waals surface area contributed by atoms with Crippen LogP contribution in [0.3, 0.4) is 0 Å². The highest BCUT2D eigenvalue weighted by Gasteiger charge is 2.21. The number of fused-ring (bicyclic) bond motifs is 1. The second-order valence-corrected chi connectivity index (χ2v) is 3.87. The first-order valence-electron chi connectivity index (χ1n) is 5.49. The molecule has 1 aromatic carbocycles. The van der Waals surface area contributed by atoms with Crippen LogP contribution in [0.15, 0.2) is 23.3 Å². The number of aliphatic hydroxyl groups is 2. The summed E-state index contributed by atoms with van der Waals surface area (Å²) < 4.78 is 10.3. The highest BCUT2D eigenvalue weighted by atomic mass is 16.7. The van der Waals surface area contributed by atoms with Crippen LogP contribution in [0, 0.1) is 0 Å². The normalized spacial score (nSPS) is 15.9. The molecule has 2 atom stereocenters. The van der Waals surface area contributed by atoms with E-state index in [0.717, 1.165) is 0 Å². The third kappa shape index (κ3) is 2.65. The molecule has 0 spiro atoms. The zero-order valence-corrected chi connectivity index (χ0v) is 9.56. The van der Waals surface area contributed by atoms with Gasteiger partial charge in [-0.3, -0.25) is 0 Å². The van der Waals surface area contributed by atoms with Crippen LogP contribution in [0.1, 0.15) is 18.1 Å². The van der Waals surface area contributed by atoms with Gasteiger partial charge < -0.3 is 19.7 Å². The molecule has 0 saturated heterocycles. The van der Waals surface area contributed by atoms with Gasteiger partial charge in [0.1, 0.15) is 6.10 Å². The predicted octanol–water partition coefficient (Wildman–Crippen LogP) is 1.51. The van der Waals surface area contributed by atoms with Crippen molar-refractivity contribution in [3.63, 3.8) is 0 Å². The standard InChI is InChI=1S/C11H13N3O4/c12-14-13-4-3-8(15)11(16)7-1-2-9-10(5-7)18-6-17-9/h1-2,5,8,11,15-16H,3-4,6H2. The van der Waals surface area contributed by atoms with E-state index >= 15 is 0 Å². The lowest BCUT2D eigenvalue weighted by atomic mass is 10.0. The van der Waals surface area contributed by atoms with E-state index in [4.69, 9.17) is 15.0 Å². The van der Waals surface area contributed by atoms with Gasteiger partial charge in [-0.1, -0.05) is 11.2 Å². The van der Waals surface area contributed by atoms with Crippen molar-refractivity contribution in [2.24, 2.45) is 5.11 Å². The number of benzene rings is 1. The van der Waals surface area contributed by atoms with Crippen molar-refractivity contribution in [1.82, 2.24) is 0 Å². The van der Waals surface area contributed by atoms with Crippen LogP contribution < -0.4 is 9.47 Å². The van der Waals surface area contributed by atoms with Crippen molar-refractivity contribution < 1.29 is 19.7 Å². The molecule has 0 amide bonds. The number of azide groups is 1. The fourth-order valence-electron chi connectivity index (χ4n) is 1.71. The zero-order chi connectivity index (χ0) is 13.0. The number of hydrogen-bond donors (Lipinski definition) is 2. The summed E-state index contributed by atoms with van der Waals surface area (Å²) in [5.41, 5.74) is 8.66. The second kappa shape index (κ2) is 5.59. The molecule has 0 radical (unpaired) electrons. The van der Waals surface area contributed by atoms with Crippen molar-refractivity contribution in [2.45, 2.75) is 18.6 Å². The smallest absolute Gasteiger partial charge is 0.231 e. The monoisotopic (exact) mass is 251 g/mol. The summed E-state index contributed by atoms with van der Waals surface area (Å²) in [5.74, 6) is 1.17. The molecule has 1 aromatic rings. The molecule has 7 nitrogen and oxygen atoms in total. The van der Waals surface area contributed by atoms with Gasteiger partial charge in [-0.2, -0.15) is 0 Å². The third-order valence-corrected chi connectivity index (χ3v) is 2.69. The van der Waals surface area contributed by atoms with E-state index in [0.29, 0.717) is 17.1 Å². The molecule has 2 rings (SSSR count). The highest BCUT2D eigenvalue weighted by Crippen LogP contribution is 2.35. The quantitative estimate of drug-likeness (QED) is 0.469. The average Bonchev–Trinajstić information content (AvgIpc) is 2.85. The van der Waals surface area contributed by atoms with E-state index in [1.807, 2.05) is 0 Å². The predicted molar refractivity (Wildman–Crippen MR) is 62.2 cm³/mol. The van der Waals surface area contributed by atoms with Crippen molar-refractivity contribution >= 4 is 0 Å². The first-order valence-corrected chi connectivity index (χ1v) is 5.49. The maximum atomic E-state index is 9.94. The Morgan fingerprint density at radius 1 is 1.33 bits per heavy atom. The molecule has 1 heterocycles. The van der Waals surface area contributed by atoms with Crippen LogP contribution in [0.4, 0.5) is 0 Å². The summed E-state index contributed by atoms with van der Waals surface area (Å²) in [7, 11) is 0. The Morgan fingerprint density at radius 3 is 2.89 bits per heavy atom. The SMILES string of the molecule is [N-]=[N+]=NCCC(O)C(O)c1ccc2c(c1)OCO2. The van der Waals surface area contributed by atoms with E-state index in [-0.39, 0.29) is 19.8 Å². The van der Waals surface area contributed by atoms with Gasteiger partial charge >= 0.3 is 0 Å². The largest absolute Gasteiger partial charge is 0.454 e. The van der Waals surface area contributed by atoms with E-state index in [1.165, 1.54) is 0 Å². The molecule has 2 unspecified atom stereocenters. The minimum Gasteiger partial charge on any atom is -0.454 e. The van der Waals surface area contributed by atoms with Crippen LogP contribution in [0.25, 0.3) is 10.4 Å². The van der Waals surface area contributed by atoms with E-state index in [2.05, 4.69) is 10.0 Å². The molecule has 0 aliphatic carbocycles. The lowest BCUT2D eigenvalue weighted by Crippen LogP contribution is -2.19. The topological polar surface area (TPSA) is 108 Å². The molecule has 0 bridgehead atoms. The lowest BCUT2D eigenvalue weighted by molar-refractivity contribution is 0.0149. The Morgan fingerprint density at radius 2 is 2.11 bits per heavy atom. The minimum atomic E-state index is -1.05. The Bertz CT molecular complexity index is 473. The van der Waals surface area contributed by atoms with Gasteiger partial charge in [0.2, 0.25) is 6.79 Å². The van der Waals surface area contributed by atoms with E-state index in [9.17, 15) is 10.2 Å². The number of hydrogen-bond acceptors (Lipinski definition) is 5. The fraction of sp³-hybridized carbons (Fsp3) is 0.455. The van der Waals surface area contributed by atoms with Gasteiger partial charge in [0, 0.05) is 11.5 Å². The minimum absolute atomic E-state index is 0.138. The Balaban J connectivity index is 2.03. The van der Waals surface area contributed by atoms with Gasteiger partial charge in [-0.15, -0.1) is 0 Å². The van der Waals surface area contributed by atoms with Crippen LogP contribution in [-0.2, 0) is 0 Å². The van der Waals surface area contributed by atoms with Crippen LogP contribution in [0.5, 0.6) is 11.5 Å². The number of rotatable bonds is 5. The van der Waals surface area contributed by atoms with Crippen LogP contribution in [-0.4, -0.2) is 29.7 Å². The first kappa shape index (κ1) is 12.5. The van der Waals surface area contributed by atoms with E-state index in [1.54, 1.807) is 18.2 Å². The van der Waals surface area contributed by atoms with Gasteiger partial charge in [0.25, 0.3) is 0 Å². The molecule has 1 aliphatic rings. The zero-order valence-electron chi connectivity index (χ0n) is 9.56. The molecule has 1 aliphatic heterocycles. The molecule has 0 fully saturated rings. The van der Waals surface area contributed by atoms with Crippen molar-refractivity contribution in [3.05, 3.63) is 34.2 Å². The Kier molecular flexibility index (Phi) is 3.88. The average molecular weight is 251 g/mol. The van der Waals surface area contributed by atoms with Crippen molar-refractivity contribution in [2.75, 3.05) is 13.3 Å². The second-order valence-electron chi connectivity index (χ2n) is 3.87. The van der Waals surface area contributed by atoms with Gasteiger partial charge in [-0.05, 0) is 29.6 Å². The molecular formula is C11H13N3O4. The van der Waals surface area contributed by atoms with E-state index < -0.39 is 12.2 Å². The highest BCUT2D eigenvalue weighted by molar-refractivity contribution is 5.45. The Labute approximate surface area is 103 Å². The molecule has 7 heteroatoms. The molecule has 18 heavy (non-hydrogen) atoms. The summed E-state index contributed by atoms with van der Waals surface area (Å²) in [5, 5.41) is 23.0. The lowest BCUT2D eigenvalue weighted by Gasteiger charge is -2.17. The summed E-state index contributed by atoms with van der Waals surface area (Å²) in [6.45, 7) is 0.299. The number of aliphatic hydroxyl groups excluding tert-OH is 2. The van der Waals surface area contributed by atoms with Crippen LogP contribution in [0.2, 0.25) is 0 Å². The maximum Gasteiger partial charge on any atom is 0.231 e. The van der Waals surface area contributed by atoms with Gasteiger partial charge in [0.05, 0.1) is 6.10 Å². The molecule has 0 saturated carbocycles. The van der Waals surface area contributed by atoms with Gasteiger partial charge in [0.15, 0.2) is 11.5 Å². The summed E-state index contributed by atoms with van der Waals surface area (Å²) >= 11 is 0. The summed E-state index contributed by atoms with van der Waals surface area (Å²) in [6.07, 6.45) is -1.84. The first-order chi connectivity index (χ1) is 8.72. The van der Waals surface area contributed by atoms with Gasteiger partial charge in [-0.25, -0.2) is 0 Å². The number of nitrogens with zero attached hydrogens (tertiary/aromatic N) is 3.